The van der Waals surface area contributed by atoms with Gasteiger partial charge in [-0.2, -0.15) is 0 Å². The number of imidazole rings is 1. The molecular formula is C26H36BrN3O6PRe-. The van der Waals surface area contributed by atoms with Crippen molar-refractivity contribution in [2.75, 3.05) is 33.0 Å². The summed E-state index contributed by atoms with van der Waals surface area (Å²) in [5, 5.41) is 0. The Hall–Kier alpha value is -1.53. The normalized spacial score (nSPS) is 8.68. The molecule has 3 aromatic rings. The first kappa shape index (κ1) is 43.5. The third kappa shape index (κ3) is 21.4. The molecule has 12 heteroatoms. The number of nitrogens with zero attached hydrogens (tertiary/aromatic N) is 3. The molecule has 1 aromatic carbocycles. The van der Waals surface area contributed by atoms with E-state index in [1.807, 2.05) is 105 Å². The molecular weight excluding hydrogens is 747 g/mol. The van der Waals surface area contributed by atoms with Gasteiger partial charge in [0, 0.05) is 52.2 Å². The fourth-order valence-electron chi connectivity index (χ4n) is 2.30. The fraction of sp³-hybridized carbons (Fsp3) is 0.385. The third-order valence-electron chi connectivity index (χ3n) is 3.62. The second-order valence-electron chi connectivity index (χ2n) is 5.92. The molecule has 9 nitrogen and oxygen atoms in total. The molecule has 2 aromatic heterocycles. The summed E-state index contributed by atoms with van der Waals surface area (Å²) in [6.45, 7) is 22.4. The standard InChI is InChI=1S/C14H11N3.C6H15O3P.C4H10O.2CO.BrH.Re/c1-2-6-13(7-3-1)16-10-11-17(12-16)14-8-4-5-9-15-14;1-4-7-10(8-5-2)9-6-3;1-3-5-4-2;2*1-2;;/h1-11H;4-6H2,1-3H3;3-4H2,1-2H3;;;1H;/p-1. The molecule has 0 bridgehead atoms. The van der Waals surface area contributed by atoms with Crippen molar-refractivity contribution in [3.8, 4) is 11.5 Å². The van der Waals surface area contributed by atoms with Crippen LogP contribution < -0.4 is 21.5 Å². The van der Waals surface area contributed by atoms with Gasteiger partial charge < -0.3 is 35.3 Å². The molecule has 0 aliphatic carbocycles. The molecule has 0 amide bonds. The summed E-state index contributed by atoms with van der Waals surface area (Å²) in [6, 6.07) is 15.9. The van der Waals surface area contributed by atoms with Gasteiger partial charge in [0.05, 0.1) is 25.5 Å². The van der Waals surface area contributed by atoms with Gasteiger partial charge in [-0.25, -0.2) is 0 Å². The topological polar surface area (TPSA) is 98.4 Å². The molecule has 38 heavy (non-hydrogen) atoms. The Morgan fingerprint density at radius 3 is 1.71 bits per heavy atom. The smallest absolute Gasteiger partial charge is 0.270 e. The summed E-state index contributed by atoms with van der Waals surface area (Å²) in [4.78, 5) is 4.27. The number of benzene rings is 1. The van der Waals surface area contributed by atoms with E-state index in [4.69, 9.17) is 27.6 Å². The second kappa shape index (κ2) is 33.5. The Labute approximate surface area is 252 Å². The fourth-order valence-corrected chi connectivity index (χ4v) is 3.16. The molecule has 0 unspecified atom stereocenters. The Morgan fingerprint density at radius 2 is 1.32 bits per heavy atom. The first-order chi connectivity index (χ1) is 17.7. The molecule has 0 saturated heterocycles. The van der Waals surface area contributed by atoms with Crippen LogP contribution in [0.1, 0.15) is 34.6 Å². The molecule has 3 rings (SSSR count). The van der Waals surface area contributed by atoms with Gasteiger partial charge in [0.15, 0.2) is 5.82 Å². The molecule has 0 fully saturated rings. The van der Waals surface area contributed by atoms with Crippen LogP contribution in [0.2, 0.25) is 0 Å². The van der Waals surface area contributed by atoms with Crippen LogP contribution in [0.3, 0.4) is 0 Å². The Morgan fingerprint density at radius 1 is 0.816 bits per heavy atom. The zero-order valence-electron chi connectivity index (χ0n) is 22.4. The number of ether oxygens (including phenoxy) is 1. The average Bonchev–Trinajstić information content (AvgIpc) is 3.44. The molecule has 0 spiro atoms. The molecule has 1 radical (unpaired) electrons. The number of hydrogen-bond donors (Lipinski definition) is 0. The molecule has 211 valence electrons. The molecule has 0 N–H and O–H groups in total. The van der Waals surface area contributed by atoms with Gasteiger partial charge in [0.25, 0.3) is 6.33 Å². The number of pyridine rings is 1. The van der Waals surface area contributed by atoms with Crippen molar-refractivity contribution in [1.82, 2.24) is 9.55 Å². The molecule has 0 aliphatic heterocycles. The van der Waals surface area contributed by atoms with Crippen LogP contribution >= 0.6 is 8.60 Å². The van der Waals surface area contributed by atoms with Gasteiger partial charge >= 0.3 is 31.2 Å². The van der Waals surface area contributed by atoms with E-state index in [-0.39, 0.29) is 37.4 Å². The van der Waals surface area contributed by atoms with Crippen LogP contribution in [0.15, 0.2) is 67.1 Å². The minimum Gasteiger partial charge on any atom is -0.299 e. The van der Waals surface area contributed by atoms with Gasteiger partial charge in [-0.1, -0.05) is 24.3 Å². The summed E-state index contributed by atoms with van der Waals surface area (Å²) in [5.74, 6) is 0.863. The van der Waals surface area contributed by atoms with E-state index in [2.05, 4.69) is 24.6 Å². The summed E-state index contributed by atoms with van der Waals surface area (Å²) in [5.41, 5.74) is 1.09. The Balaban J connectivity index is -0.000000239. The van der Waals surface area contributed by atoms with Crippen LogP contribution in [0.25, 0.3) is 11.5 Å². The predicted octanol–water partition coefficient (Wildman–Crippen LogP) is 2.24. The van der Waals surface area contributed by atoms with Crippen molar-refractivity contribution < 1.29 is 69.6 Å². The van der Waals surface area contributed by atoms with Crippen molar-refractivity contribution in [1.29, 1.82) is 0 Å². The molecule has 0 atom stereocenters. The van der Waals surface area contributed by atoms with E-state index in [9.17, 15) is 0 Å². The summed E-state index contributed by atoms with van der Waals surface area (Å²) in [6.07, 6.45) is 8.89. The summed E-state index contributed by atoms with van der Waals surface area (Å²) in [7, 11) is -1.06. The quantitative estimate of drug-likeness (QED) is 0.136. The molecule has 2 heterocycles. The van der Waals surface area contributed by atoms with Crippen molar-refractivity contribution in [2.24, 2.45) is 0 Å². The first-order valence-corrected chi connectivity index (χ1v) is 12.5. The monoisotopic (exact) mass is 783 g/mol. The first-order valence-electron chi connectivity index (χ1n) is 11.4. The average molecular weight is 784 g/mol. The van der Waals surface area contributed by atoms with Crippen LogP contribution in [0, 0.1) is 19.6 Å². The number of rotatable bonds is 10. The third-order valence-corrected chi connectivity index (χ3v) is 5.03. The van der Waals surface area contributed by atoms with Crippen LogP contribution in [0.4, 0.5) is 0 Å². The number of para-hydroxylation sites is 1. The molecule has 0 saturated carbocycles. The second-order valence-corrected chi connectivity index (χ2v) is 7.14. The maximum atomic E-state index is 7.50. The Bertz CT molecular complexity index is 828. The van der Waals surface area contributed by atoms with Gasteiger partial charge in [0.1, 0.15) is 0 Å². The minimum atomic E-state index is -1.06. The van der Waals surface area contributed by atoms with E-state index < -0.39 is 8.60 Å². The maximum Gasteiger partial charge on any atom is 0.270 e. The predicted molar refractivity (Wildman–Crippen MR) is 136 cm³/mol. The number of aromatic nitrogens is 3. The van der Waals surface area contributed by atoms with E-state index in [0.29, 0.717) is 19.8 Å². The number of halogens is 1. The van der Waals surface area contributed by atoms with E-state index in [1.165, 1.54) is 0 Å². The van der Waals surface area contributed by atoms with Crippen LogP contribution in [-0.4, -0.2) is 42.6 Å². The van der Waals surface area contributed by atoms with Gasteiger partial charge in [0.2, 0.25) is 0 Å². The van der Waals surface area contributed by atoms with Gasteiger partial charge in [-0.3, -0.25) is 14.1 Å². The number of hydrogen-bond acceptors (Lipinski definition) is 5. The van der Waals surface area contributed by atoms with E-state index in [1.54, 1.807) is 6.20 Å². The van der Waals surface area contributed by atoms with Crippen molar-refractivity contribution in [3.63, 3.8) is 0 Å². The minimum absolute atomic E-state index is 0. The molecule has 0 aliphatic rings. The van der Waals surface area contributed by atoms with Crippen molar-refractivity contribution >= 4 is 8.60 Å². The van der Waals surface area contributed by atoms with Crippen LogP contribution in [0.5, 0.6) is 0 Å². The zero-order chi connectivity index (χ0) is 27.4. The summed E-state index contributed by atoms with van der Waals surface area (Å²) >= 11 is 0. The van der Waals surface area contributed by atoms with Crippen molar-refractivity contribution in [2.45, 2.75) is 34.6 Å². The van der Waals surface area contributed by atoms with E-state index in [0.717, 1.165) is 24.7 Å². The van der Waals surface area contributed by atoms with Crippen molar-refractivity contribution in [3.05, 3.63) is 86.7 Å². The van der Waals surface area contributed by atoms with Crippen LogP contribution in [-0.2, 0) is 48.0 Å². The Kier molecular flexibility index (Phi) is 38.4. The van der Waals surface area contributed by atoms with E-state index >= 15 is 0 Å². The maximum absolute atomic E-state index is 7.50. The summed E-state index contributed by atoms with van der Waals surface area (Å²) < 4.78 is 39.1. The largest absolute Gasteiger partial charge is 0.299 e. The SMILES string of the molecule is CCOCC.CCOP(OCC)OCC.[Br-].[C-]#[O+].[C-]#[O+].[Re].[c-]1n(-c2ccccn2)cc[n+]1-c1ccccc1. The zero-order valence-corrected chi connectivity index (χ0v) is 27.6. The van der Waals surface area contributed by atoms with Gasteiger partial charge in [-0.05, 0) is 58.9 Å². The van der Waals surface area contributed by atoms with Gasteiger partial charge in [-0.15, -0.1) is 0 Å².